The predicted octanol–water partition coefficient (Wildman–Crippen LogP) is 2.47. The van der Waals surface area contributed by atoms with Crippen molar-refractivity contribution in [2.75, 3.05) is 19.8 Å². The average Bonchev–Trinajstić information content (AvgIpc) is 2.36. The second-order valence-electron chi connectivity index (χ2n) is 3.87. The van der Waals surface area contributed by atoms with Crippen molar-refractivity contribution >= 4 is 29.1 Å². The van der Waals surface area contributed by atoms with Crippen LogP contribution in [0.25, 0.3) is 0 Å². The minimum atomic E-state index is -0.206. The van der Waals surface area contributed by atoms with Crippen molar-refractivity contribution in [2.24, 2.45) is 0 Å². The Kier molecular flexibility index (Phi) is 4.22. The number of morpholine rings is 1. The maximum atomic E-state index is 11.8. The Morgan fingerprint density at radius 1 is 1.50 bits per heavy atom. The maximum Gasteiger partial charge on any atom is 0.246 e. The molecule has 1 aliphatic heterocycles. The highest BCUT2D eigenvalue weighted by atomic mass is 35.5. The van der Waals surface area contributed by atoms with Gasteiger partial charge >= 0.3 is 0 Å². The fraction of sp³-hybridized carbons (Fsp3) is 0.333. The molecule has 0 radical (unpaired) electrons. The monoisotopic (exact) mass is 286 g/mol. The maximum absolute atomic E-state index is 11.8. The normalized spacial score (nSPS) is 19.7. The molecule has 0 saturated carbocycles. The quantitative estimate of drug-likeness (QED) is 0.620. The fourth-order valence-electron chi connectivity index (χ4n) is 1.94. The molecule has 96 valence electrons. The molecule has 4 nitrogen and oxygen atoms in total. The van der Waals surface area contributed by atoms with Crippen LogP contribution >= 0.6 is 23.2 Å². The number of carbonyl (C=O) groups excluding carboxylic acids is 1. The van der Waals surface area contributed by atoms with E-state index in [0.29, 0.717) is 30.1 Å². The van der Waals surface area contributed by atoms with E-state index in [4.69, 9.17) is 27.9 Å². The number of pyridine rings is 1. The lowest BCUT2D eigenvalue weighted by Gasteiger charge is -2.35. The summed E-state index contributed by atoms with van der Waals surface area (Å²) in [6.45, 7) is 4.95. The van der Waals surface area contributed by atoms with Crippen LogP contribution in [0.4, 0.5) is 0 Å². The van der Waals surface area contributed by atoms with E-state index >= 15 is 0 Å². The SMILES string of the molecule is C=CC(=O)N1CCOCC1c1cc(Cl)nc(Cl)c1. The largest absolute Gasteiger partial charge is 0.377 e. The van der Waals surface area contributed by atoms with E-state index in [2.05, 4.69) is 11.6 Å². The van der Waals surface area contributed by atoms with Gasteiger partial charge in [0.15, 0.2) is 0 Å². The summed E-state index contributed by atoms with van der Waals surface area (Å²) < 4.78 is 5.41. The summed E-state index contributed by atoms with van der Waals surface area (Å²) in [7, 11) is 0. The van der Waals surface area contributed by atoms with E-state index in [1.807, 2.05) is 0 Å². The molecule has 1 atom stereocenters. The lowest BCUT2D eigenvalue weighted by Crippen LogP contribution is -2.42. The first-order chi connectivity index (χ1) is 8.61. The Hall–Kier alpha value is -1.10. The minimum absolute atomic E-state index is 0.132. The molecule has 0 bridgehead atoms. The third-order valence-corrected chi connectivity index (χ3v) is 3.14. The van der Waals surface area contributed by atoms with Crippen molar-refractivity contribution in [2.45, 2.75) is 6.04 Å². The van der Waals surface area contributed by atoms with E-state index in [0.717, 1.165) is 5.56 Å². The average molecular weight is 287 g/mol. The lowest BCUT2D eigenvalue weighted by molar-refractivity contribution is -0.134. The molecule has 0 aliphatic carbocycles. The molecule has 0 aromatic carbocycles. The Morgan fingerprint density at radius 2 is 2.17 bits per heavy atom. The zero-order valence-corrected chi connectivity index (χ0v) is 11.1. The van der Waals surface area contributed by atoms with Crippen LogP contribution in [-0.4, -0.2) is 35.5 Å². The van der Waals surface area contributed by atoms with Crippen LogP contribution in [0.3, 0.4) is 0 Å². The van der Waals surface area contributed by atoms with Crippen molar-refractivity contribution in [1.29, 1.82) is 0 Å². The van der Waals surface area contributed by atoms with Gasteiger partial charge in [-0.25, -0.2) is 4.98 Å². The number of ether oxygens (including phenoxy) is 1. The second-order valence-corrected chi connectivity index (χ2v) is 4.65. The Bertz CT molecular complexity index is 459. The summed E-state index contributed by atoms with van der Waals surface area (Å²) in [5.74, 6) is -0.132. The molecule has 1 amide bonds. The molecule has 18 heavy (non-hydrogen) atoms. The third-order valence-electron chi connectivity index (χ3n) is 2.76. The Balaban J connectivity index is 2.33. The number of amides is 1. The Morgan fingerprint density at radius 3 is 2.78 bits per heavy atom. The first kappa shape index (κ1) is 13.3. The van der Waals surface area contributed by atoms with Gasteiger partial charge in [0.05, 0.1) is 19.3 Å². The van der Waals surface area contributed by atoms with Gasteiger partial charge in [-0.2, -0.15) is 0 Å². The van der Waals surface area contributed by atoms with Gasteiger partial charge in [0.2, 0.25) is 5.91 Å². The number of halogens is 2. The first-order valence-corrected chi connectivity index (χ1v) is 6.21. The predicted molar refractivity (Wildman–Crippen MR) is 69.7 cm³/mol. The molecule has 1 unspecified atom stereocenters. The smallest absolute Gasteiger partial charge is 0.246 e. The highest BCUT2D eigenvalue weighted by Gasteiger charge is 2.27. The number of hydrogen-bond donors (Lipinski definition) is 0. The van der Waals surface area contributed by atoms with Gasteiger partial charge in [-0.15, -0.1) is 0 Å². The van der Waals surface area contributed by atoms with Crippen molar-refractivity contribution in [3.63, 3.8) is 0 Å². The fourth-order valence-corrected chi connectivity index (χ4v) is 2.41. The summed E-state index contributed by atoms with van der Waals surface area (Å²) >= 11 is 11.7. The zero-order valence-electron chi connectivity index (χ0n) is 9.60. The summed E-state index contributed by atoms with van der Waals surface area (Å²) in [6.07, 6.45) is 1.29. The summed E-state index contributed by atoms with van der Waals surface area (Å²) in [4.78, 5) is 17.4. The number of rotatable bonds is 2. The molecular weight excluding hydrogens is 275 g/mol. The molecule has 1 aromatic heterocycles. The molecule has 1 aromatic rings. The van der Waals surface area contributed by atoms with E-state index in [9.17, 15) is 4.79 Å². The molecule has 1 saturated heterocycles. The van der Waals surface area contributed by atoms with Crippen LogP contribution in [0.2, 0.25) is 10.3 Å². The van der Waals surface area contributed by atoms with E-state index in [1.54, 1.807) is 17.0 Å². The number of aromatic nitrogens is 1. The summed E-state index contributed by atoms with van der Waals surface area (Å²) in [6, 6.07) is 3.18. The molecule has 1 aliphatic rings. The summed E-state index contributed by atoms with van der Waals surface area (Å²) in [5.41, 5.74) is 0.815. The van der Waals surface area contributed by atoms with Crippen molar-refractivity contribution in [3.05, 3.63) is 40.7 Å². The Labute approximate surface area is 115 Å². The third kappa shape index (κ3) is 2.83. The van der Waals surface area contributed by atoms with Gasteiger partial charge in [-0.3, -0.25) is 4.79 Å². The molecule has 0 N–H and O–H groups in total. The van der Waals surface area contributed by atoms with Gasteiger partial charge in [0, 0.05) is 6.54 Å². The standard InChI is InChI=1S/C12H12Cl2N2O2/c1-2-12(17)16-3-4-18-7-9(16)8-5-10(13)15-11(14)6-8/h2,5-6,9H,1,3-4,7H2. The van der Waals surface area contributed by atoms with Crippen LogP contribution < -0.4 is 0 Å². The number of hydrogen-bond acceptors (Lipinski definition) is 3. The molecular formula is C12H12Cl2N2O2. The minimum Gasteiger partial charge on any atom is -0.377 e. The zero-order chi connectivity index (χ0) is 13.1. The van der Waals surface area contributed by atoms with Gasteiger partial charge < -0.3 is 9.64 Å². The molecule has 6 heteroatoms. The van der Waals surface area contributed by atoms with Crippen molar-refractivity contribution in [3.8, 4) is 0 Å². The van der Waals surface area contributed by atoms with E-state index < -0.39 is 0 Å². The lowest BCUT2D eigenvalue weighted by atomic mass is 10.1. The van der Waals surface area contributed by atoms with Crippen LogP contribution in [0.5, 0.6) is 0 Å². The van der Waals surface area contributed by atoms with Crippen LogP contribution in [0.15, 0.2) is 24.8 Å². The van der Waals surface area contributed by atoms with Crippen LogP contribution in [0.1, 0.15) is 11.6 Å². The van der Waals surface area contributed by atoms with Gasteiger partial charge in [-0.05, 0) is 23.8 Å². The first-order valence-electron chi connectivity index (χ1n) is 5.45. The van der Waals surface area contributed by atoms with Crippen molar-refractivity contribution < 1.29 is 9.53 Å². The van der Waals surface area contributed by atoms with Crippen LogP contribution in [0, 0.1) is 0 Å². The highest BCUT2D eigenvalue weighted by Crippen LogP contribution is 2.27. The van der Waals surface area contributed by atoms with Gasteiger partial charge in [0.25, 0.3) is 0 Å². The molecule has 1 fully saturated rings. The van der Waals surface area contributed by atoms with E-state index in [1.165, 1.54) is 6.08 Å². The topological polar surface area (TPSA) is 42.4 Å². The molecule has 2 heterocycles. The second kappa shape index (κ2) is 5.69. The molecule has 2 rings (SSSR count). The number of nitrogens with zero attached hydrogens (tertiary/aromatic N) is 2. The summed E-state index contributed by atoms with van der Waals surface area (Å²) in [5, 5.41) is 0.600. The van der Waals surface area contributed by atoms with Crippen molar-refractivity contribution in [1.82, 2.24) is 9.88 Å². The van der Waals surface area contributed by atoms with E-state index in [-0.39, 0.29) is 11.9 Å². The van der Waals surface area contributed by atoms with Gasteiger partial charge in [-0.1, -0.05) is 29.8 Å². The number of carbonyl (C=O) groups is 1. The molecule has 0 spiro atoms. The van der Waals surface area contributed by atoms with Crippen LogP contribution in [-0.2, 0) is 9.53 Å². The van der Waals surface area contributed by atoms with Gasteiger partial charge in [0.1, 0.15) is 10.3 Å². The highest BCUT2D eigenvalue weighted by molar-refractivity contribution is 6.32.